The molecule has 0 unspecified atom stereocenters. The Hall–Kier alpha value is -1.10. The van der Waals surface area contributed by atoms with Crippen LogP contribution < -0.4 is 0 Å². The molecule has 0 aliphatic heterocycles. The third-order valence-corrected chi connectivity index (χ3v) is 2.02. The van der Waals surface area contributed by atoms with Crippen LogP contribution in [0.25, 0.3) is 0 Å². The van der Waals surface area contributed by atoms with Crippen molar-refractivity contribution in [2.24, 2.45) is 5.41 Å². The number of hydrogen-bond donors (Lipinski definition) is 0. The summed E-state index contributed by atoms with van der Waals surface area (Å²) in [5.74, 6) is -0.835. The molecule has 0 saturated heterocycles. The van der Waals surface area contributed by atoms with Gasteiger partial charge in [-0.2, -0.15) is 0 Å². The lowest BCUT2D eigenvalue weighted by Gasteiger charge is -2.21. The van der Waals surface area contributed by atoms with Crippen LogP contribution in [0, 0.1) is 5.41 Å². The number of rotatable bonds is 4. The van der Waals surface area contributed by atoms with Crippen molar-refractivity contribution in [3.8, 4) is 0 Å². The second-order valence-electron chi connectivity index (χ2n) is 3.73. The van der Waals surface area contributed by atoms with Crippen LogP contribution in [-0.2, 0) is 18.8 Å². The lowest BCUT2D eigenvalue weighted by molar-refractivity contribution is -0.152. The topological polar surface area (TPSA) is 52.6 Å². The van der Waals surface area contributed by atoms with E-state index in [1.54, 1.807) is 20.8 Å². The number of ether oxygens (including phenoxy) is 1. The fourth-order valence-electron chi connectivity index (χ4n) is 0.704. The average Bonchev–Trinajstić information content (AvgIpc) is 2.12. The highest BCUT2D eigenvalue weighted by atomic mass is 28.2. The molecule has 80 valence electrons. The maximum Gasteiger partial charge on any atom is 0.333 e. The van der Waals surface area contributed by atoms with E-state index in [1.165, 1.54) is 0 Å². The third-order valence-electron chi connectivity index (χ3n) is 1.65. The summed E-state index contributed by atoms with van der Waals surface area (Å²) >= 11 is 0. The smallest absolute Gasteiger partial charge is 0.333 e. The van der Waals surface area contributed by atoms with Gasteiger partial charge in [0.25, 0.3) is 0 Å². The normalized spacial score (nSPS) is 10.8. The Morgan fingerprint density at radius 2 is 1.93 bits per heavy atom. The molecule has 0 bridgehead atoms. The van der Waals surface area contributed by atoms with Crippen LogP contribution >= 0.6 is 0 Å². The lowest BCUT2D eigenvalue weighted by atomic mass is 9.95. The van der Waals surface area contributed by atoms with Crippen molar-refractivity contribution in [3.63, 3.8) is 0 Å². The number of carbonyl (C=O) groups is 2. The van der Waals surface area contributed by atoms with Crippen molar-refractivity contribution in [3.05, 3.63) is 12.2 Å². The Labute approximate surface area is 86.8 Å². The van der Waals surface area contributed by atoms with E-state index in [0.717, 1.165) is 0 Å². The Morgan fingerprint density at radius 1 is 1.43 bits per heavy atom. The first kappa shape index (κ1) is 12.9. The van der Waals surface area contributed by atoms with Crippen LogP contribution in [0.1, 0.15) is 20.8 Å². The first-order valence-electron chi connectivity index (χ1n) is 4.22. The first-order chi connectivity index (χ1) is 6.31. The number of esters is 1. The van der Waals surface area contributed by atoms with E-state index in [1.807, 2.05) is 0 Å². The monoisotopic (exact) mass is 216 g/mol. The highest BCUT2D eigenvalue weighted by molar-refractivity contribution is 6.06. The zero-order chi connectivity index (χ0) is 11.4. The minimum Gasteiger partial charge on any atom is -0.528 e. The molecule has 0 aromatic heterocycles. The summed E-state index contributed by atoms with van der Waals surface area (Å²) in [6.07, 6.45) is 0. The van der Waals surface area contributed by atoms with Gasteiger partial charge in [-0.25, -0.2) is 4.79 Å². The van der Waals surface area contributed by atoms with Gasteiger partial charge >= 0.3 is 11.9 Å². The molecule has 0 heterocycles. The van der Waals surface area contributed by atoms with Crippen LogP contribution in [0.3, 0.4) is 0 Å². The van der Waals surface area contributed by atoms with Crippen LogP contribution in [-0.4, -0.2) is 29.0 Å². The standard InChI is InChI=1S/C9H16O4Si/c1-6(2)7(10)12-5-9(3,4)8(11)13-14/h1,5H2,2-4,14H3. The van der Waals surface area contributed by atoms with E-state index >= 15 is 0 Å². The Kier molecular flexibility index (Phi) is 4.56. The molecule has 0 aliphatic rings. The van der Waals surface area contributed by atoms with Crippen molar-refractivity contribution in [2.75, 3.05) is 6.61 Å². The van der Waals surface area contributed by atoms with Crippen LogP contribution in [0.15, 0.2) is 12.2 Å². The van der Waals surface area contributed by atoms with Crippen molar-refractivity contribution >= 4 is 22.4 Å². The van der Waals surface area contributed by atoms with Gasteiger partial charge in [0, 0.05) is 5.57 Å². The Morgan fingerprint density at radius 3 is 2.29 bits per heavy atom. The number of hydrogen-bond acceptors (Lipinski definition) is 4. The summed E-state index contributed by atoms with van der Waals surface area (Å²) in [6.45, 7) is 8.34. The summed E-state index contributed by atoms with van der Waals surface area (Å²) < 4.78 is 9.56. The predicted molar refractivity (Wildman–Crippen MR) is 55.6 cm³/mol. The maximum absolute atomic E-state index is 11.2. The molecule has 0 radical (unpaired) electrons. The highest BCUT2D eigenvalue weighted by Crippen LogP contribution is 2.17. The van der Waals surface area contributed by atoms with E-state index in [-0.39, 0.29) is 12.6 Å². The molecule has 0 rings (SSSR count). The highest BCUT2D eigenvalue weighted by Gasteiger charge is 2.30. The molecule has 0 fully saturated rings. The molecule has 0 aromatic rings. The van der Waals surface area contributed by atoms with Crippen LogP contribution in [0.2, 0.25) is 0 Å². The molecule has 0 spiro atoms. The van der Waals surface area contributed by atoms with E-state index in [0.29, 0.717) is 16.1 Å². The van der Waals surface area contributed by atoms with Crippen molar-refractivity contribution in [1.29, 1.82) is 0 Å². The molecular formula is C9H16O4Si. The fourth-order valence-corrected chi connectivity index (χ4v) is 1.26. The minimum absolute atomic E-state index is 0.0137. The van der Waals surface area contributed by atoms with Gasteiger partial charge < -0.3 is 9.16 Å². The van der Waals surface area contributed by atoms with Gasteiger partial charge in [0.05, 0.1) is 5.41 Å². The Bertz CT molecular complexity index is 258. The zero-order valence-electron chi connectivity index (χ0n) is 9.05. The summed E-state index contributed by atoms with van der Waals surface area (Å²) in [5, 5.41) is 0. The van der Waals surface area contributed by atoms with Crippen LogP contribution in [0.5, 0.6) is 0 Å². The second kappa shape index (κ2) is 4.95. The maximum atomic E-state index is 11.2. The predicted octanol–water partition coefficient (Wildman–Crippen LogP) is -0.0445. The van der Waals surface area contributed by atoms with Gasteiger partial charge in [0.2, 0.25) is 10.5 Å². The van der Waals surface area contributed by atoms with Crippen molar-refractivity contribution < 1.29 is 18.8 Å². The molecule has 0 aromatic carbocycles. The van der Waals surface area contributed by atoms with Crippen molar-refractivity contribution in [2.45, 2.75) is 20.8 Å². The molecule has 0 amide bonds. The van der Waals surface area contributed by atoms with E-state index in [4.69, 9.17) is 9.16 Å². The quantitative estimate of drug-likeness (QED) is 0.376. The Balaban J connectivity index is 4.18. The summed E-state index contributed by atoms with van der Waals surface area (Å²) in [6, 6.07) is 0. The largest absolute Gasteiger partial charge is 0.528 e. The first-order valence-corrected chi connectivity index (χ1v) is 5.04. The lowest BCUT2D eigenvalue weighted by Crippen LogP contribution is -2.32. The van der Waals surface area contributed by atoms with Crippen molar-refractivity contribution in [1.82, 2.24) is 0 Å². The minimum atomic E-state index is -0.785. The van der Waals surface area contributed by atoms with Gasteiger partial charge in [-0.1, -0.05) is 6.58 Å². The molecule has 0 N–H and O–H groups in total. The third kappa shape index (κ3) is 3.74. The van der Waals surface area contributed by atoms with Gasteiger partial charge in [-0.3, -0.25) is 4.79 Å². The zero-order valence-corrected chi connectivity index (χ0v) is 11.0. The SMILES string of the molecule is C=C(C)C(=O)OCC(C)(C)C(=O)O[SiH3]. The molecule has 5 heteroatoms. The number of carbonyl (C=O) groups excluding carboxylic acids is 2. The molecule has 0 aliphatic carbocycles. The fraction of sp³-hybridized carbons (Fsp3) is 0.556. The van der Waals surface area contributed by atoms with Gasteiger partial charge in [0.1, 0.15) is 6.61 Å². The second-order valence-corrected chi connectivity index (χ2v) is 4.14. The molecule has 14 heavy (non-hydrogen) atoms. The summed E-state index contributed by atoms with van der Waals surface area (Å²) in [7, 11) is 0.346. The van der Waals surface area contributed by atoms with E-state index in [9.17, 15) is 9.59 Å². The van der Waals surface area contributed by atoms with Gasteiger partial charge in [-0.05, 0) is 20.8 Å². The average molecular weight is 216 g/mol. The van der Waals surface area contributed by atoms with Crippen LogP contribution in [0.4, 0.5) is 0 Å². The van der Waals surface area contributed by atoms with E-state index < -0.39 is 11.4 Å². The molecule has 0 atom stereocenters. The molecule has 4 nitrogen and oxygen atoms in total. The summed E-state index contributed by atoms with van der Waals surface area (Å²) in [4.78, 5) is 22.2. The molecule has 0 saturated carbocycles. The van der Waals surface area contributed by atoms with Gasteiger partial charge in [0.15, 0.2) is 0 Å². The van der Waals surface area contributed by atoms with Gasteiger partial charge in [-0.15, -0.1) is 0 Å². The molecular weight excluding hydrogens is 200 g/mol. The summed E-state index contributed by atoms with van der Waals surface area (Å²) in [5.41, 5.74) is -0.465. The van der Waals surface area contributed by atoms with E-state index in [2.05, 4.69) is 6.58 Å².